The Morgan fingerprint density at radius 1 is 1.14 bits per heavy atom. The maximum absolute atomic E-state index is 12.8. The summed E-state index contributed by atoms with van der Waals surface area (Å²) in [6, 6.07) is 8.33. The van der Waals surface area contributed by atoms with Crippen LogP contribution in [-0.4, -0.2) is 25.5 Å². The summed E-state index contributed by atoms with van der Waals surface area (Å²) in [4.78, 5) is 14.7. The van der Waals surface area contributed by atoms with Gasteiger partial charge in [-0.15, -0.1) is 0 Å². The largest absolute Gasteiger partial charge is 0.311 e. The number of hydrogen-bond acceptors (Lipinski definition) is 2. The summed E-state index contributed by atoms with van der Waals surface area (Å²) in [6.45, 7) is 11.6. The van der Waals surface area contributed by atoms with Crippen LogP contribution in [0.2, 0.25) is 0 Å². The average Bonchev–Trinajstić information content (AvgIpc) is 2.49. The van der Waals surface area contributed by atoms with Crippen molar-refractivity contribution in [3.63, 3.8) is 0 Å². The van der Waals surface area contributed by atoms with Gasteiger partial charge >= 0.3 is 0 Å². The first kappa shape index (κ1) is 18.7. The van der Waals surface area contributed by atoms with E-state index in [-0.39, 0.29) is 17.4 Å². The van der Waals surface area contributed by atoms with E-state index in [2.05, 4.69) is 64.2 Å². The topological polar surface area (TPSA) is 32.3 Å². The lowest BCUT2D eigenvalue weighted by Crippen LogP contribution is -2.45. The average molecular weight is 304 g/mol. The zero-order valence-corrected chi connectivity index (χ0v) is 15.1. The molecule has 0 bridgehead atoms. The molecule has 0 saturated heterocycles. The Balaban J connectivity index is 3.02. The number of benzene rings is 1. The van der Waals surface area contributed by atoms with Crippen LogP contribution in [0.1, 0.15) is 59.4 Å². The molecule has 0 aliphatic carbocycles. The Hall–Kier alpha value is -1.35. The Kier molecular flexibility index (Phi) is 7.08. The van der Waals surface area contributed by atoms with Crippen molar-refractivity contribution in [3.05, 3.63) is 29.8 Å². The van der Waals surface area contributed by atoms with Crippen molar-refractivity contribution in [3.8, 4) is 0 Å². The van der Waals surface area contributed by atoms with E-state index in [1.165, 1.54) is 5.56 Å². The fraction of sp³-hybridized carbons (Fsp3) is 0.632. The van der Waals surface area contributed by atoms with Crippen LogP contribution < -0.4 is 10.2 Å². The van der Waals surface area contributed by atoms with Crippen LogP contribution in [-0.2, 0) is 10.2 Å². The molecule has 0 fully saturated rings. The Bertz CT molecular complexity index is 459. The van der Waals surface area contributed by atoms with Crippen molar-refractivity contribution in [1.29, 1.82) is 0 Å². The lowest BCUT2D eigenvalue weighted by atomic mass is 9.87. The van der Waals surface area contributed by atoms with Crippen molar-refractivity contribution in [2.75, 3.05) is 18.5 Å². The lowest BCUT2D eigenvalue weighted by molar-refractivity contribution is -0.120. The van der Waals surface area contributed by atoms with Crippen LogP contribution in [0.5, 0.6) is 0 Å². The summed E-state index contributed by atoms with van der Waals surface area (Å²) in [6.07, 6.45) is 2.82. The maximum atomic E-state index is 12.8. The summed E-state index contributed by atoms with van der Waals surface area (Å²) in [5.41, 5.74) is 2.42. The van der Waals surface area contributed by atoms with Crippen molar-refractivity contribution >= 4 is 11.6 Å². The van der Waals surface area contributed by atoms with Crippen molar-refractivity contribution in [2.24, 2.45) is 0 Å². The molecule has 1 atom stereocenters. The Morgan fingerprint density at radius 3 is 2.14 bits per heavy atom. The second-order valence-corrected chi connectivity index (χ2v) is 6.92. The normalized spacial score (nSPS) is 13.0. The molecule has 124 valence electrons. The molecule has 1 aromatic rings. The van der Waals surface area contributed by atoms with E-state index < -0.39 is 0 Å². The standard InChI is InChI=1S/C19H32N2O/c1-7-9-17(20-6)18(22)21(14-8-2)16-12-10-15(11-13-16)19(3,4)5/h10-13,17,20H,7-9,14H2,1-6H3. The maximum Gasteiger partial charge on any atom is 0.244 e. The Morgan fingerprint density at radius 2 is 1.73 bits per heavy atom. The highest BCUT2D eigenvalue weighted by Gasteiger charge is 2.23. The first-order chi connectivity index (χ1) is 10.3. The molecule has 22 heavy (non-hydrogen) atoms. The van der Waals surface area contributed by atoms with Gasteiger partial charge in [0, 0.05) is 12.2 Å². The molecule has 1 amide bonds. The van der Waals surface area contributed by atoms with E-state index in [1.807, 2.05) is 11.9 Å². The van der Waals surface area contributed by atoms with Gasteiger partial charge in [-0.25, -0.2) is 0 Å². The molecule has 0 saturated carbocycles. The fourth-order valence-electron chi connectivity index (χ4n) is 2.60. The molecule has 1 N–H and O–H groups in total. The van der Waals surface area contributed by atoms with Crippen LogP contribution in [0.3, 0.4) is 0 Å². The van der Waals surface area contributed by atoms with Gasteiger partial charge in [-0.2, -0.15) is 0 Å². The number of amides is 1. The second kappa shape index (κ2) is 8.33. The first-order valence-electron chi connectivity index (χ1n) is 8.44. The number of rotatable bonds is 7. The van der Waals surface area contributed by atoms with Gasteiger partial charge in [-0.05, 0) is 43.0 Å². The van der Waals surface area contributed by atoms with Gasteiger partial charge in [-0.1, -0.05) is 53.2 Å². The molecule has 3 heteroatoms. The van der Waals surface area contributed by atoms with Crippen LogP contribution >= 0.6 is 0 Å². The molecule has 0 spiro atoms. The Labute approximate surface area is 136 Å². The van der Waals surface area contributed by atoms with Crippen molar-refractivity contribution in [2.45, 2.75) is 65.3 Å². The van der Waals surface area contributed by atoms with E-state index in [9.17, 15) is 4.79 Å². The number of nitrogens with zero attached hydrogens (tertiary/aromatic N) is 1. The predicted molar refractivity (Wildman–Crippen MR) is 95.5 cm³/mol. The third-order valence-electron chi connectivity index (χ3n) is 3.98. The lowest BCUT2D eigenvalue weighted by Gasteiger charge is -2.28. The second-order valence-electron chi connectivity index (χ2n) is 6.92. The third-order valence-corrected chi connectivity index (χ3v) is 3.98. The zero-order chi connectivity index (χ0) is 16.8. The molecular formula is C19H32N2O. The van der Waals surface area contributed by atoms with Gasteiger partial charge in [0.15, 0.2) is 0 Å². The highest BCUT2D eigenvalue weighted by atomic mass is 16.2. The smallest absolute Gasteiger partial charge is 0.244 e. The van der Waals surface area contributed by atoms with Gasteiger partial charge in [0.2, 0.25) is 5.91 Å². The van der Waals surface area contributed by atoms with Crippen molar-refractivity contribution in [1.82, 2.24) is 5.32 Å². The quantitative estimate of drug-likeness (QED) is 0.822. The van der Waals surface area contributed by atoms with Gasteiger partial charge in [0.05, 0.1) is 6.04 Å². The summed E-state index contributed by atoms with van der Waals surface area (Å²) < 4.78 is 0. The fourth-order valence-corrected chi connectivity index (χ4v) is 2.60. The molecule has 0 radical (unpaired) electrons. The number of carbonyl (C=O) groups is 1. The first-order valence-corrected chi connectivity index (χ1v) is 8.44. The molecule has 0 aliphatic heterocycles. The summed E-state index contributed by atoms with van der Waals surface area (Å²) >= 11 is 0. The van der Waals surface area contributed by atoms with E-state index >= 15 is 0 Å². The summed E-state index contributed by atoms with van der Waals surface area (Å²) in [5, 5.41) is 3.16. The van der Waals surface area contributed by atoms with Crippen LogP contribution in [0.25, 0.3) is 0 Å². The van der Waals surface area contributed by atoms with Crippen LogP contribution in [0.4, 0.5) is 5.69 Å². The van der Waals surface area contributed by atoms with Gasteiger partial charge in [-0.3, -0.25) is 4.79 Å². The van der Waals surface area contributed by atoms with E-state index in [0.29, 0.717) is 0 Å². The molecule has 1 aromatic carbocycles. The molecule has 0 aliphatic rings. The number of anilines is 1. The number of likely N-dealkylation sites (N-methyl/N-ethyl adjacent to an activating group) is 1. The number of nitrogens with one attached hydrogen (secondary N) is 1. The number of hydrogen-bond donors (Lipinski definition) is 1. The third kappa shape index (κ3) is 4.84. The zero-order valence-electron chi connectivity index (χ0n) is 15.1. The monoisotopic (exact) mass is 304 g/mol. The predicted octanol–water partition coefficient (Wildman–Crippen LogP) is 4.12. The minimum atomic E-state index is -0.0983. The molecular weight excluding hydrogens is 272 g/mol. The SMILES string of the molecule is CCCC(NC)C(=O)N(CCC)c1ccc(C(C)(C)C)cc1. The number of carbonyl (C=O) groups excluding carboxylic acids is 1. The highest BCUT2D eigenvalue weighted by Crippen LogP contribution is 2.25. The minimum absolute atomic E-state index is 0.0983. The summed E-state index contributed by atoms with van der Waals surface area (Å²) in [7, 11) is 1.87. The molecule has 3 nitrogen and oxygen atoms in total. The molecule has 1 unspecified atom stereocenters. The van der Waals surface area contributed by atoms with E-state index in [1.54, 1.807) is 0 Å². The van der Waals surface area contributed by atoms with Crippen molar-refractivity contribution < 1.29 is 4.79 Å². The minimum Gasteiger partial charge on any atom is -0.311 e. The van der Waals surface area contributed by atoms with Crippen LogP contribution in [0, 0.1) is 0 Å². The van der Waals surface area contributed by atoms with E-state index in [0.717, 1.165) is 31.5 Å². The van der Waals surface area contributed by atoms with Gasteiger partial charge < -0.3 is 10.2 Å². The highest BCUT2D eigenvalue weighted by molar-refractivity contribution is 5.97. The van der Waals surface area contributed by atoms with E-state index in [4.69, 9.17) is 0 Å². The molecule has 0 heterocycles. The molecule has 0 aromatic heterocycles. The summed E-state index contributed by atoms with van der Waals surface area (Å²) in [5.74, 6) is 0.176. The molecule has 1 rings (SSSR count). The van der Waals surface area contributed by atoms with Gasteiger partial charge in [0.25, 0.3) is 0 Å². The van der Waals surface area contributed by atoms with Crippen LogP contribution in [0.15, 0.2) is 24.3 Å². The van der Waals surface area contributed by atoms with Gasteiger partial charge in [0.1, 0.15) is 0 Å².